The Morgan fingerprint density at radius 1 is 1.07 bits per heavy atom. The lowest BCUT2D eigenvalue weighted by molar-refractivity contribution is -0.137. The summed E-state index contributed by atoms with van der Waals surface area (Å²) >= 11 is 0. The van der Waals surface area contributed by atoms with Crippen LogP contribution in [0.15, 0.2) is 12.1 Å². The number of hydrogen-bond donors (Lipinski definition) is 0. The number of ether oxygens (including phenoxy) is 1. The van der Waals surface area contributed by atoms with Gasteiger partial charge in [-0.15, -0.1) is 0 Å². The molecule has 0 aliphatic carbocycles. The van der Waals surface area contributed by atoms with E-state index in [1.165, 1.54) is 7.11 Å². The minimum atomic E-state index is -4.29. The molecule has 1 rings (SSSR count). The number of halogens is 3. The monoisotopic (exact) mass is 204 g/mol. The molecular weight excluding hydrogens is 193 g/mol. The van der Waals surface area contributed by atoms with Crippen LogP contribution in [0.2, 0.25) is 0 Å². The summed E-state index contributed by atoms with van der Waals surface area (Å²) in [4.78, 5) is 0. The van der Waals surface area contributed by atoms with E-state index in [1.54, 1.807) is 13.8 Å². The van der Waals surface area contributed by atoms with Crippen LogP contribution in [0.1, 0.15) is 16.7 Å². The fourth-order valence-electron chi connectivity index (χ4n) is 1.44. The van der Waals surface area contributed by atoms with E-state index in [4.69, 9.17) is 4.74 Å². The van der Waals surface area contributed by atoms with Gasteiger partial charge in [-0.05, 0) is 37.1 Å². The fourth-order valence-corrected chi connectivity index (χ4v) is 1.44. The predicted octanol–water partition coefficient (Wildman–Crippen LogP) is 3.33. The first-order valence-corrected chi connectivity index (χ1v) is 4.08. The maximum atomic E-state index is 12.3. The molecule has 0 atom stereocenters. The lowest BCUT2D eigenvalue weighted by atomic mass is 10.1. The van der Waals surface area contributed by atoms with Crippen LogP contribution in [0, 0.1) is 13.8 Å². The second-order valence-electron chi connectivity index (χ2n) is 3.14. The minimum absolute atomic E-state index is 0.500. The molecule has 4 heteroatoms. The molecule has 0 fully saturated rings. The van der Waals surface area contributed by atoms with Gasteiger partial charge in [0.1, 0.15) is 5.75 Å². The van der Waals surface area contributed by atoms with E-state index in [2.05, 4.69) is 0 Å². The van der Waals surface area contributed by atoms with Crippen LogP contribution in [-0.4, -0.2) is 7.11 Å². The van der Waals surface area contributed by atoms with Gasteiger partial charge in [0.25, 0.3) is 0 Å². The van der Waals surface area contributed by atoms with Crippen LogP contribution in [-0.2, 0) is 6.18 Å². The zero-order valence-corrected chi connectivity index (χ0v) is 8.20. The summed E-state index contributed by atoms with van der Waals surface area (Å²) in [5, 5.41) is 0. The van der Waals surface area contributed by atoms with E-state index in [9.17, 15) is 13.2 Å². The van der Waals surface area contributed by atoms with Crippen molar-refractivity contribution in [3.8, 4) is 5.75 Å². The molecule has 1 aromatic carbocycles. The maximum Gasteiger partial charge on any atom is 0.416 e. The summed E-state index contributed by atoms with van der Waals surface area (Å²) in [6, 6.07) is 2.18. The first-order valence-electron chi connectivity index (χ1n) is 4.08. The Morgan fingerprint density at radius 3 is 1.79 bits per heavy atom. The smallest absolute Gasteiger partial charge is 0.416 e. The van der Waals surface area contributed by atoms with Gasteiger partial charge in [-0.1, -0.05) is 0 Å². The third-order valence-electron chi connectivity index (χ3n) is 1.99. The summed E-state index contributed by atoms with van der Waals surface area (Å²) in [7, 11) is 1.45. The van der Waals surface area contributed by atoms with Gasteiger partial charge in [0, 0.05) is 0 Å². The number of benzene rings is 1. The summed E-state index contributed by atoms with van der Waals surface area (Å²) < 4.78 is 42.0. The lowest BCUT2D eigenvalue weighted by Gasteiger charge is -2.13. The van der Waals surface area contributed by atoms with Crippen molar-refractivity contribution in [2.45, 2.75) is 20.0 Å². The summed E-state index contributed by atoms with van der Waals surface area (Å²) in [5.74, 6) is 0.512. The average molecular weight is 204 g/mol. The van der Waals surface area contributed by atoms with Crippen molar-refractivity contribution >= 4 is 0 Å². The van der Waals surface area contributed by atoms with Crippen molar-refractivity contribution in [1.29, 1.82) is 0 Å². The number of hydrogen-bond acceptors (Lipinski definition) is 1. The number of aryl methyl sites for hydroxylation is 2. The number of methoxy groups -OCH3 is 1. The molecular formula is C10H11F3O. The number of alkyl halides is 3. The zero-order chi connectivity index (χ0) is 10.9. The molecule has 0 unspecified atom stereocenters. The second kappa shape index (κ2) is 3.52. The van der Waals surface area contributed by atoms with Crippen molar-refractivity contribution in [3.63, 3.8) is 0 Å². The Balaban J connectivity index is 3.28. The summed E-state index contributed by atoms with van der Waals surface area (Å²) in [6.45, 7) is 3.20. The molecule has 14 heavy (non-hydrogen) atoms. The van der Waals surface area contributed by atoms with Crippen LogP contribution < -0.4 is 4.74 Å². The molecule has 0 N–H and O–H groups in total. The quantitative estimate of drug-likeness (QED) is 0.681. The maximum absolute atomic E-state index is 12.3. The van der Waals surface area contributed by atoms with Crippen LogP contribution in [0.5, 0.6) is 5.75 Å². The van der Waals surface area contributed by atoms with Gasteiger partial charge < -0.3 is 4.74 Å². The fraction of sp³-hybridized carbons (Fsp3) is 0.400. The van der Waals surface area contributed by atoms with Crippen molar-refractivity contribution in [1.82, 2.24) is 0 Å². The molecule has 0 saturated heterocycles. The first kappa shape index (κ1) is 10.9. The van der Waals surface area contributed by atoms with Gasteiger partial charge in [0.2, 0.25) is 0 Å². The molecule has 0 aliphatic rings. The molecule has 0 saturated carbocycles. The number of rotatable bonds is 1. The Labute approximate surface area is 80.5 Å². The highest BCUT2D eigenvalue weighted by Crippen LogP contribution is 2.34. The molecule has 0 bridgehead atoms. The van der Waals surface area contributed by atoms with Gasteiger partial charge in [0.05, 0.1) is 12.7 Å². The molecule has 78 valence electrons. The van der Waals surface area contributed by atoms with E-state index >= 15 is 0 Å². The summed E-state index contributed by atoms with van der Waals surface area (Å²) in [5.41, 5.74) is 0.368. The molecule has 0 aromatic heterocycles. The molecule has 0 spiro atoms. The van der Waals surface area contributed by atoms with Gasteiger partial charge in [0.15, 0.2) is 0 Å². The van der Waals surface area contributed by atoms with Gasteiger partial charge in [-0.25, -0.2) is 0 Å². The summed E-state index contributed by atoms with van der Waals surface area (Å²) in [6.07, 6.45) is -4.29. The van der Waals surface area contributed by atoms with Crippen LogP contribution >= 0.6 is 0 Å². The van der Waals surface area contributed by atoms with Crippen LogP contribution in [0.3, 0.4) is 0 Å². The van der Waals surface area contributed by atoms with Crippen molar-refractivity contribution < 1.29 is 17.9 Å². The van der Waals surface area contributed by atoms with Crippen LogP contribution in [0.4, 0.5) is 13.2 Å². The third kappa shape index (κ3) is 2.00. The highest BCUT2D eigenvalue weighted by molar-refractivity contribution is 5.44. The molecule has 0 aliphatic heterocycles. The Morgan fingerprint density at radius 2 is 1.50 bits per heavy atom. The van der Waals surface area contributed by atoms with Gasteiger partial charge in [-0.2, -0.15) is 13.2 Å². The third-order valence-corrected chi connectivity index (χ3v) is 1.99. The molecule has 0 amide bonds. The molecule has 0 heterocycles. The van der Waals surface area contributed by atoms with Gasteiger partial charge >= 0.3 is 6.18 Å². The predicted molar refractivity (Wildman–Crippen MR) is 47.5 cm³/mol. The second-order valence-corrected chi connectivity index (χ2v) is 3.14. The first-order chi connectivity index (χ1) is 6.36. The van der Waals surface area contributed by atoms with Crippen LogP contribution in [0.25, 0.3) is 0 Å². The van der Waals surface area contributed by atoms with Crippen molar-refractivity contribution in [2.24, 2.45) is 0 Å². The minimum Gasteiger partial charge on any atom is -0.496 e. The van der Waals surface area contributed by atoms with Crippen molar-refractivity contribution in [2.75, 3.05) is 7.11 Å². The van der Waals surface area contributed by atoms with Crippen molar-refractivity contribution in [3.05, 3.63) is 28.8 Å². The van der Waals surface area contributed by atoms with E-state index in [1.807, 2.05) is 0 Å². The molecule has 1 aromatic rings. The van der Waals surface area contributed by atoms with E-state index in [0.717, 1.165) is 12.1 Å². The largest absolute Gasteiger partial charge is 0.496 e. The topological polar surface area (TPSA) is 9.23 Å². The normalized spacial score (nSPS) is 11.6. The molecule has 1 nitrogen and oxygen atoms in total. The highest BCUT2D eigenvalue weighted by Gasteiger charge is 2.31. The Hall–Kier alpha value is -1.19. The van der Waals surface area contributed by atoms with E-state index in [0.29, 0.717) is 16.9 Å². The van der Waals surface area contributed by atoms with E-state index < -0.39 is 11.7 Å². The van der Waals surface area contributed by atoms with Gasteiger partial charge in [-0.3, -0.25) is 0 Å². The highest BCUT2D eigenvalue weighted by atomic mass is 19.4. The Kier molecular flexibility index (Phi) is 2.73. The zero-order valence-electron chi connectivity index (χ0n) is 8.20. The molecule has 0 radical (unpaired) electrons. The lowest BCUT2D eigenvalue weighted by Crippen LogP contribution is -2.06. The van der Waals surface area contributed by atoms with E-state index in [-0.39, 0.29) is 0 Å². The standard InChI is InChI=1S/C10H11F3O/c1-6-4-8(10(11,12)13)5-7(2)9(6)14-3/h4-5H,1-3H3. The Bertz CT molecular complexity index is 319. The SMILES string of the molecule is COc1c(C)cc(C(F)(F)F)cc1C. The average Bonchev–Trinajstić information content (AvgIpc) is 2.01.